The third kappa shape index (κ3) is 2.70. The molecule has 4 aromatic heterocycles. The van der Waals surface area contributed by atoms with Crippen molar-refractivity contribution in [1.29, 1.82) is 0 Å². The highest BCUT2D eigenvalue weighted by Gasteiger charge is 2.27. The molecule has 0 atom stereocenters. The molecule has 0 N–H and O–H groups in total. The molecule has 0 bridgehead atoms. The Kier molecular flexibility index (Phi) is 3.57. The molecule has 0 unspecified atom stereocenters. The average Bonchev–Trinajstić information content (AvgIpc) is 3.31. The second kappa shape index (κ2) is 6.09. The molecule has 10 nitrogen and oxygen atoms in total. The van der Waals surface area contributed by atoms with E-state index in [1.165, 1.54) is 17.0 Å². The van der Waals surface area contributed by atoms with Crippen LogP contribution in [0.2, 0.25) is 5.02 Å². The predicted molar refractivity (Wildman–Crippen MR) is 93.8 cm³/mol. The van der Waals surface area contributed by atoms with Crippen molar-refractivity contribution in [1.82, 2.24) is 44.2 Å². The van der Waals surface area contributed by atoms with E-state index in [9.17, 15) is 4.79 Å². The topological polar surface area (TPSA) is 107 Å². The maximum absolute atomic E-state index is 12.9. The summed E-state index contributed by atoms with van der Waals surface area (Å²) in [5.74, 6) is 1.19. The summed E-state index contributed by atoms with van der Waals surface area (Å²) >= 11 is 5.92. The van der Waals surface area contributed by atoms with Gasteiger partial charge in [-0.3, -0.25) is 4.79 Å². The molecule has 0 aromatic carbocycles. The van der Waals surface area contributed by atoms with Gasteiger partial charge in [0.2, 0.25) is 0 Å². The molecular formula is C16H12ClN9O. The van der Waals surface area contributed by atoms with Crippen molar-refractivity contribution in [3.63, 3.8) is 0 Å². The minimum atomic E-state index is -0.186. The fourth-order valence-electron chi connectivity index (χ4n) is 3.06. The Balaban J connectivity index is 1.42. The molecule has 134 valence electrons. The number of carbonyl (C=O) groups excluding carboxylic acids is 1. The van der Waals surface area contributed by atoms with E-state index in [2.05, 4.69) is 30.2 Å². The summed E-state index contributed by atoms with van der Waals surface area (Å²) in [6, 6.07) is 3.42. The number of nitrogens with zero attached hydrogens (tertiary/aromatic N) is 9. The second-order valence-corrected chi connectivity index (χ2v) is 6.45. The molecule has 5 heterocycles. The van der Waals surface area contributed by atoms with Crippen molar-refractivity contribution < 1.29 is 4.79 Å². The monoisotopic (exact) mass is 381 g/mol. The number of hydrogen-bond donors (Lipinski definition) is 0. The fraction of sp³-hybridized carbons (Fsp3) is 0.188. The Morgan fingerprint density at radius 1 is 1.19 bits per heavy atom. The Morgan fingerprint density at radius 3 is 2.96 bits per heavy atom. The van der Waals surface area contributed by atoms with Crippen LogP contribution in [0.15, 0.2) is 37.1 Å². The number of amides is 1. The van der Waals surface area contributed by atoms with Gasteiger partial charge in [0.25, 0.3) is 5.91 Å². The molecule has 1 amide bonds. The molecule has 1 aliphatic heterocycles. The number of fused-ring (bicyclic) bond motifs is 2. The summed E-state index contributed by atoms with van der Waals surface area (Å²) < 4.78 is 3.46. The van der Waals surface area contributed by atoms with Gasteiger partial charge in [0.05, 0.1) is 17.8 Å². The van der Waals surface area contributed by atoms with E-state index in [1.54, 1.807) is 29.4 Å². The van der Waals surface area contributed by atoms with E-state index in [-0.39, 0.29) is 5.91 Å². The van der Waals surface area contributed by atoms with Crippen LogP contribution < -0.4 is 0 Å². The van der Waals surface area contributed by atoms with Crippen LogP contribution in [0.5, 0.6) is 0 Å². The first-order chi connectivity index (χ1) is 13.2. The number of rotatable bonds is 2. The van der Waals surface area contributed by atoms with Crippen LogP contribution in [0.1, 0.15) is 16.3 Å². The zero-order valence-corrected chi connectivity index (χ0v) is 14.7. The maximum atomic E-state index is 12.9. The van der Waals surface area contributed by atoms with Crippen molar-refractivity contribution >= 4 is 23.2 Å². The van der Waals surface area contributed by atoms with E-state index in [0.717, 1.165) is 0 Å². The van der Waals surface area contributed by atoms with Gasteiger partial charge in [-0.15, -0.1) is 10.2 Å². The van der Waals surface area contributed by atoms with Crippen molar-refractivity contribution in [2.24, 2.45) is 0 Å². The van der Waals surface area contributed by atoms with E-state index >= 15 is 0 Å². The van der Waals surface area contributed by atoms with Crippen LogP contribution in [0.3, 0.4) is 0 Å². The first kappa shape index (κ1) is 15.8. The standard InChI is InChI=1S/C16H12ClN9O/c17-10-6-19-13-5-12(23-26(13)7-10)16(27)24-3-4-25-14(8-24)21-22-15(25)11-1-2-18-9-20-11/h1-2,5-7,9H,3-4,8H2. The molecular weight excluding hydrogens is 370 g/mol. The van der Waals surface area contributed by atoms with Gasteiger partial charge >= 0.3 is 0 Å². The third-order valence-corrected chi connectivity index (χ3v) is 4.55. The first-order valence-corrected chi connectivity index (χ1v) is 8.55. The van der Waals surface area contributed by atoms with Crippen LogP contribution >= 0.6 is 11.6 Å². The molecule has 5 rings (SSSR count). The normalized spacial score (nSPS) is 13.7. The summed E-state index contributed by atoms with van der Waals surface area (Å²) in [4.78, 5) is 26.8. The van der Waals surface area contributed by atoms with Gasteiger partial charge < -0.3 is 9.47 Å². The van der Waals surface area contributed by atoms with E-state index < -0.39 is 0 Å². The lowest BCUT2D eigenvalue weighted by Gasteiger charge is -2.27. The number of aromatic nitrogens is 8. The summed E-state index contributed by atoms with van der Waals surface area (Å²) in [7, 11) is 0. The zero-order valence-electron chi connectivity index (χ0n) is 13.9. The lowest BCUT2D eigenvalue weighted by molar-refractivity contribution is 0.0701. The largest absolute Gasteiger partial charge is 0.328 e. The molecule has 0 aliphatic carbocycles. The van der Waals surface area contributed by atoms with Crippen molar-refractivity contribution in [2.75, 3.05) is 6.54 Å². The minimum Gasteiger partial charge on any atom is -0.328 e. The Labute approximate surface area is 157 Å². The molecule has 0 saturated carbocycles. The van der Waals surface area contributed by atoms with Gasteiger partial charge in [-0.1, -0.05) is 11.6 Å². The average molecular weight is 382 g/mol. The Morgan fingerprint density at radius 2 is 2.11 bits per heavy atom. The molecule has 0 saturated heterocycles. The summed E-state index contributed by atoms with van der Waals surface area (Å²) in [6.45, 7) is 1.44. The third-order valence-electron chi connectivity index (χ3n) is 4.35. The Bertz CT molecular complexity index is 1150. The van der Waals surface area contributed by atoms with Gasteiger partial charge in [-0.25, -0.2) is 19.5 Å². The smallest absolute Gasteiger partial charge is 0.274 e. The van der Waals surface area contributed by atoms with Crippen LogP contribution in [-0.4, -0.2) is 56.7 Å². The van der Waals surface area contributed by atoms with Crippen LogP contribution in [0.25, 0.3) is 17.2 Å². The molecule has 0 radical (unpaired) electrons. The molecule has 1 aliphatic rings. The summed E-state index contributed by atoms with van der Waals surface area (Å²) in [5, 5.41) is 13.2. The van der Waals surface area contributed by atoms with Crippen LogP contribution in [-0.2, 0) is 13.1 Å². The molecule has 27 heavy (non-hydrogen) atoms. The second-order valence-electron chi connectivity index (χ2n) is 6.02. The van der Waals surface area contributed by atoms with Crippen molar-refractivity contribution in [2.45, 2.75) is 13.1 Å². The quantitative estimate of drug-likeness (QED) is 0.511. The van der Waals surface area contributed by atoms with E-state index in [1.807, 2.05) is 4.57 Å². The number of carbonyl (C=O) groups is 1. The number of hydrogen-bond acceptors (Lipinski definition) is 7. The highest BCUT2D eigenvalue weighted by molar-refractivity contribution is 6.30. The van der Waals surface area contributed by atoms with Gasteiger partial charge in [-0.2, -0.15) is 5.10 Å². The van der Waals surface area contributed by atoms with Crippen LogP contribution in [0.4, 0.5) is 0 Å². The maximum Gasteiger partial charge on any atom is 0.274 e. The molecule has 0 spiro atoms. The highest BCUT2D eigenvalue weighted by Crippen LogP contribution is 2.21. The minimum absolute atomic E-state index is 0.186. The Hall–Kier alpha value is -3.40. The first-order valence-electron chi connectivity index (χ1n) is 8.18. The van der Waals surface area contributed by atoms with E-state index in [0.29, 0.717) is 53.3 Å². The summed E-state index contributed by atoms with van der Waals surface area (Å²) in [6.07, 6.45) is 6.26. The molecule has 4 aromatic rings. The van der Waals surface area contributed by atoms with E-state index in [4.69, 9.17) is 11.6 Å². The zero-order chi connectivity index (χ0) is 18.4. The van der Waals surface area contributed by atoms with Gasteiger partial charge in [0.15, 0.2) is 23.0 Å². The van der Waals surface area contributed by atoms with Gasteiger partial charge in [0, 0.05) is 31.5 Å². The summed E-state index contributed by atoms with van der Waals surface area (Å²) in [5.41, 5.74) is 1.58. The van der Waals surface area contributed by atoms with Crippen molar-refractivity contribution in [3.8, 4) is 11.5 Å². The lowest BCUT2D eigenvalue weighted by Crippen LogP contribution is -2.38. The SMILES string of the molecule is O=C(c1cc2ncc(Cl)cn2n1)N1CCn2c(nnc2-c2ccncn2)C1. The molecule has 0 fully saturated rings. The predicted octanol–water partition coefficient (Wildman–Crippen LogP) is 1.09. The van der Waals surface area contributed by atoms with Gasteiger partial charge in [-0.05, 0) is 6.07 Å². The highest BCUT2D eigenvalue weighted by atomic mass is 35.5. The van der Waals surface area contributed by atoms with Crippen molar-refractivity contribution in [3.05, 3.63) is 53.6 Å². The molecule has 11 heteroatoms. The fourth-order valence-corrected chi connectivity index (χ4v) is 3.21. The van der Waals surface area contributed by atoms with Gasteiger partial charge in [0.1, 0.15) is 12.0 Å². The lowest BCUT2D eigenvalue weighted by atomic mass is 10.3. The number of halogens is 1. The van der Waals surface area contributed by atoms with Crippen LogP contribution in [0, 0.1) is 0 Å².